The number of anilines is 4. The highest BCUT2D eigenvalue weighted by atomic mass is 16.2. The van der Waals surface area contributed by atoms with Crippen LogP contribution in [0, 0.1) is 0 Å². The summed E-state index contributed by atoms with van der Waals surface area (Å²) < 4.78 is 2.14. The molecule has 0 bridgehead atoms. The molecule has 0 radical (unpaired) electrons. The van der Waals surface area contributed by atoms with Crippen LogP contribution in [0.5, 0.6) is 0 Å². The van der Waals surface area contributed by atoms with E-state index in [2.05, 4.69) is 66.4 Å². The Balaban J connectivity index is 0.921. The van der Waals surface area contributed by atoms with Crippen LogP contribution in [0.4, 0.5) is 27.8 Å². The van der Waals surface area contributed by atoms with Gasteiger partial charge in [0, 0.05) is 94.5 Å². The first-order chi connectivity index (χ1) is 23.3. The van der Waals surface area contributed by atoms with Crippen LogP contribution in [0.2, 0.25) is 0 Å². The number of urea groups is 1. The highest BCUT2D eigenvalue weighted by molar-refractivity contribution is 6.05. The van der Waals surface area contributed by atoms with Crippen molar-refractivity contribution in [1.82, 2.24) is 29.7 Å². The smallest absolute Gasteiger partial charge is 0.328 e. The molecule has 12 heteroatoms. The van der Waals surface area contributed by atoms with Gasteiger partial charge in [0.1, 0.15) is 11.3 Å². The molecule has 3 aliphatic rings. The molecule has 7 rings (SSSR count). The summed E-state index contributed by atoms with van der Waals surface area (Å²) in [5, 5.41) is 6.64. The summed E-state index contributed by atoms with van der Waals surface area (Å²) in [5.41, 5.74) is 5.64. The molecular weight excluding hydrogens is 606 g/mol. The van der Waals surface area contributed by atoms with Crippen molar-refractivity contribution in [3.8, 4) is 0 Å². The van der Waals surface area contributed by atoms with Crippen molar-refractivity contribution in [2.24, 2.45) is 0 Å². The summed E-state index contributed by atoms with van der Waals surface area (Å²) in [5.74, 6) is 0.292. The quantitative estimate of drug-likeness (QED) is 0.266. The highest BCUT2D eigenvalue weighted by Crippen LogP contribution is 2.35. The van der Waals surface area contributed by atoms with Gasteiger partial charge < -0.3 is 19.7 Å². The molecule has 12 nitrogen and oxygen atoms in total. The number of hydrogen-bond acceptors (Lipinski definition) is 8. The molecule has 4 heterocycles. The van der Waals surface area contributed by atoms with E-state index in [1.165, 1.54) is 18.4 Å². The lowest BCUT2D eigenvalue weighted by Crippen LogP contribution is -2.49. The summed E-state index contributed by atoms with van der Waals surface area (Å²) >= 11 is 0. The molecule has 2 aliphatic heterocycles. The minimum absolute atomic E-state index is 0.0105. The Morgan fingerprint density at radius 1 is 0.938 bits per heavy atom. The monoisotopic (exact) mass is 649 g/mol. The van der Waals surface area contributed by atoms with Crippen LogP contribution in [0.3, 0.4) is 0 Å². The molecular formula is C36H43N9O3. The molecule has 3 fully saturated rings. The maximum absolute atomic E-state index is 13.0. The van der Waals surface area contributed by atoms with E-state index in [-0.39, 0.29) is 23.9 Å². The average Bonchev–Trinajstić information content (AvgIpc) is 3.76. The lowest BCUT2D eigenvalue weighted by atomic mass is 10.1. The zero-order valence-electron chi connectivity index (χ0n) is 27.7. The second kappa shape index (κ2) is 13.6. The van der Waals surface area contributed by atoms with Crippen molar-refractivity contribution >= 4 is 51.9 Å². The maximum Gasteiger partial charge on any atom is 0.328 e. The summed E-state index contributed by atoms with van der Waals surface area (Å²) in [6, 6.07) is 18.4. The van der Waals surface area contributed by atoms with Gasteiger partial charge in [-0.05, 0) is 67.3 Å². The molecule has 2 saturated heterocycles. The maximum atomic E-state index is 13.0. The third-order valence-corrected chi connectivity index (χ3v) is 9.77. The molecule has 0 spiro atoms. The van der Waals surface area contributed by atoms with Crippen LogP contribution >= 0.6 is 0 Å². The number of aromatic nitrogens is 3. The van der Waals surface area contributed by atoms with E-state index in [9.17, 15) is 14.4 Å². The SMILES string of the molecule is CN(C)C(=O)c1cc2cnc(Nc3ccc(CCN4CCN(c5ccc(N6CCC(=O)NC6=O)cc5)CC4)cc3)nc2n1C1CCCC1. The Bertz CT molecular complexity index is 1790. The Hall–Kier alpha value is -4.97. The third-order valence-electron chi connectivity index (χ3n) is 9.77. The van der Waals surface area contributed by atoms with Crippen molar-refractivity contribution in [3.63, 3.8) is 0 Å². The first-order valence-electron chi connectivity index (χ1n) is 17.0. The molecule has 0 unspecified atom stereocenters. The van der Waals surface area contributed by atoms with E-state index in [0.29, 0.717) is 24.6 Å². The standard InChI is InChI=1S/C36H43N9O3/c1-41(2)34(47)31-23-26-24-37-35(40-33(26)45(31)30-5-3-4-6-30)38-27-9-7-25(8-10-27)15-17-42-19-21-43(22-20-42)28-11-13-29(14-12-28)44-18-16-32(46)39-36(44)48/h7-14,23-24,30H,3-6,15-22H2,1-2H3,(H,37,38,40)(H,39,46,48). The van der Waals surface area contributed by atoms with Gasteiger partial charge in [0.05, 0.1) is 0 Å². The second-order valence-corrected chi connectivity index (χ2v) is 13.2. The van der Waals surface area contributed by atoms with Gasteiger partial charge in [0.15, 0.2) is 0 Å². The van der Waals surface area contributed by atoms with Crippen LogP contribution in [0.15, 0.2) is 60.8 Å². The summed E-state index contributed by atoms with van der Waals surface area (Å²) in [6.45, 7) is 5.27. The van der Waals surface area contributed by atoms with Crippen LogP contribution < -0.4 is 20.4 Å². The molecule has 1 aliphatic carbocycles. The number of nitrogens with one attached hydrogen (secondary N) is 2. The van der Waals surface area contributed by atoms with E-state index in [1.54, 1.807) is 23.9 Å². The van der Waals surface area contributed by atoms with Gasteiger partial charge in [-0.3, -0.25) is 24.7 Å². The van der Waals surface area contributed by atoms with Gasteiger partial charge in [-0.15, -0.1) is 0 Å². The lowest BCUT2D eigenvalue weighted by Gasteiger charge is -2.36. The molecule has 2 N–H and O–H groups in total. The lowest BCUT2D eigenvalue weighted by molar-refractivity contribution is -0.120. The van der Waals surface area contributed by atoms with Crippen molar-refractivity contribution in [2.75, 3.05) is 68.5 Å². The normalized spacial score (nSPS) is 17.6. The first kappa shape index (κ1) is 31.6. The Morgan fingerprint density at radius 2 is 1.65 bits per heavy atom. The van der Waals surface area contributed by atoms with Gasteiger partial charge in [0.25, 0.3) is 5.91 Å². The predicted molar refractivity (Wildman–Crippen MR) is 187 cm³/mol. The molecule has 4 aromatic rings. The van der Waals surface area contributed by atoms with Crippen LogP contribution in [-0.2, 0) is 11.2 Å². The summed E-state index contributed by atoms with van der Waals surface area (Å²) in [4.78, 5) is 54.2. The second-order valence-electron chi connectivity index (χ2n) is 13.2. The van der Waals surface area contributed by atoms with Crippen molar-refractivity contribution in [1.29, 1.82) is 0 Å². The number of rotatable bonds is 9. The number of carbonyl (C=O) groups is 3. The fraction of sp³-hybridized carbons (Fsp3) is 0.417. The number of hydrogen-bond donors (Lipinski definition) is 2. The third kappa shape index (κ3) is 6.70. The van der Waals surface area contributed by atoms with Crippen molar-refractivity contribution in [2.45, 2.75) is 44.6 Å². The van der Waals surface area contributed by atoms with E-state index < -0.39 is 0 Å². The minimum atomic E-state index is -0.357. The number of piperazine rings is 1. The number of fused-ring (bicyclic) bond motifs is 1. The van der Waals surface area contributed by atoms with E-state index in [0.717, 1.165) is 80.1 Å². The summed E-state index contributed by atoms with van der Waals surface area (Å²) in [6.07, 6.45) is 7.55. The Morgan fingerprint density at radius 3 is 2.33 bits per heavy atom. The molecule has 48 heavy (non-hydrogen) atoms. The van der Waals surface area contributed by atoms with Gasteiger partial charge in [-0.25, -0.2) is 9.78 Å². The van der Waals surface area contributed by atoms with Crippen molar-refractivity contribution < 1.29 is 14.4 Å². The Kier molecular flexibility index (Phi) is 8.98. The van der Waals surface area contributed by atoms with Gasteiger partial charge in [-0.2, -0.15) is 4.98 Å². The van der Waals surface area contributed by atoms with E-state index in [4.69, 9.17) is 4.98 Å². The topological polar surface area (TPSA) is 119 Å². The zero-order chi connectivity index (χ0) is 33.2. The largest absolute Gasteiger partial charge is 0.369 e. The molecule has 4 amide bonds. The van der Waals surface area contributed by atoms with E-state index >= 15 is 0 Å². The number of amides is 4. The van der Waals surface area contributed by atoms with Gasteiger partial charge in [-0.1, -0.05) is 25.0 Å². The summed E-state index contributed by atoms with van der Waals surface area (Å²) in [7, 11) is 3.58. The number of carbonyl (C=O) groups excluding carboxylic acids is 3. The number of imide groups is 1. The average molecular weight is 650 g/mol. The predicted octanol–water partition coefficient (Wildman–Crippen LogP) is 4.80. The fourth-order valence-electron chi connectivity index (χ4n) is 7.05. The van der Waals surface area contributed by atoms with E-state index in [1.807, 2.05) is 24.4 Å². The molecule has 250 valence electrons. The fourth-order valence-corrected chi connectivity index (χ4v) is 7.05. The molecule has 1 saturated carbocycles. The van der Waals surface area contributed by atoms with Crippen LogP contribution in [0.1, 0.15) is 54.2 Å². The number of benzene rings is 2. The molecule has 2 aromatic heterocycles. The van der Waals surface area contributed by atoms with Crippen LogP contribution in [-0.4, -0.2) is 95.5 Å². The van der Waals surface area contributed by atoms with Crippen molar-refractivity contribution in [3.05, 3.63) is 72.1 Å². The van der Waals surface area contributed by atoms with Gasteiger partial charge in [0.2, 0.25) is 11.9 Å². The number of nitrogens with zero attached hydrogens (tertiary/aromatic N) is 7. The molecule has 2 aromatic carbocycles. The minimum Gasteiger partial charge on any atom is -0.369 e. The zero-order valence-corrected chi connectivity index (χ0v) is 27.7. The highest BCUT2D eigenvalue weighted by Gasteiger charge is 2.27. The molecule has 0 atom stereocenters. The van der Waals surface area contributed by atoms with Crippen LogP contribution in [0.25, 0.3) is 11.0 Å². The first-order valence-corrected chi connectivity index (χ1v) is 17.0. The Labute approximate surface area is 280 Å². The van der Waals surface area contributed by atoms with Gasteiger partial charge >= 0.3 is 6.03 Å².